The summed E-state index contributed by atoms with van der Waals surface area (Å²) in [6.45, 7) is 3.41. The summed E-state index contributed by atoms with van der Waals surface area (Å²) in [5.74, 6) is 0.237. The second-order valence-electron chi connectivity index (χ2n) is 9.16. The van der Waals surface area contributed by atoms with Gasteiger partial charge < -0.3 is 25.6 Å². The Labute approximate surface area is 221 Å². The lowest BCUT2D eigenvalue weighted by molar-refractivity contribution is 0.0727. The van der Waals surface area contributed by atoms with Gasteiger partial charge in [0, 0.05) is 13.1 Å². The molecule has 1 fully saturated rings. The molecule has 2 amide bonds. The number of benzene rings is 2. The summed E-state index contributed by atoms with van der Waals surface area (Å²) in [4.78, 5) is 24.0. The molecule has 3 rings (SSSR count). The topological polar surface area (TPSA) is 145 Å². The van der Waals surface area contributed by atoms with Crippen molar-refractivity contribution in [2.45, 2.75) is 50.1 Å². The molecule has 1 heterocycles. The van der Waals surface area contributed by atoms with Crippen molar-refractivity contribution in [1.29, 1.82) is 0 Å². The first-order chi connectivity index (χ1) is 17.6. The van der Waals surface area contributed by atoms with E-state index < -0.39 is 34.5 Å². The molecule has 0 unspecified atom stereocenters. The van der Waals surface area contributed by atoms with Gasteiger partial charge in [0.1, 0.15) is 0 Å². The van der Waals surface area contributed by atoms with Gasteiger partial charge in [-0.25, -0.2) is 13.2 Å². The summed E-state index contributed by atoms with van der Waals surface area (Å²) in [5.41, 5.74) is 1.41. The Morgan fingerprint density at radius 3 is 2.38 bits per heavy atom. The highest BCUT2D eigenvalue weighted by molar-refractivity contribution is 8.13. The molecule has 0 aliphatic carbocycles. The first kappa shape index (κ1) is 28.9. The van der Waals surface area contributed by atoms with Gasteiger partial charge in [0.05, 0.1) is 29.4 Å². The summed E-state index contributed by atoms with van der Waals surface area (Å²) >= 11 is 1.00. The van der Waals surface area contributed by atoms with Crippen molar-refractivity contribution in [1.82, 2.24) is 14.9 Å². The van der Waals surface area contributed by atoms with E-state index in [9.17, 15) is 28.2 Å². The molecule has 0 radical (unpaired) electrons. The number of rotatable bonds is 12. The SMILES string of the molecule is CC(C)CN(C[C@@H](O)[C@H](Cc1ccccc1)NC(=O)O[C@H]1CSC(=O)N1)S(=O)(=O)c1ccc(CO)cc1. The first-order valence-corrected chi connectivity index (χ1v) is 14.3. The van der Waals surface area contributed by atoms with Gasteiger partial charge in [0.15, 0.2) is 6.23 Å². The minimum atomic E-state index is -3.98. The summed E-state index contributed by atoms with van der Waals surface area (Å²) in [6.07, 6.45) is -2.66. The maximum absolute atomic E-state index is 13.5. The number of nitrogens with one attached hydrogen (secondary N) is 2. The van der Waals surface area contributed by atoms with Crippen molar-refractivity contribution in [2.75, 3.05) is 18.8 Å². The van der Waals surface area contributed by atoms with Gasteiger partial charge in [-0.05, 0) is 35.6 Å². The highest BCUT2D eigenvalue weighted by Crippen LogP contribution is 2.20. The second kappa shape index (κ2) is 13.2. The van der Waals surface area contributed by atoms with E-state index in [2.05, 4.69) is 10.6 Å². The Hall–Kier alpha value is -2.64. The maximum Gasteiger partial charge on any atom is 0.409 e. The fourth-order valence-corrected chi connectivity index (χ4v) is 6.12. The number of ether oxygens (including phenoxy) is 1. The summed E-state index contributed by atoms with van der Waals surface area (Å²) in [6, 6.07) is 14.2. The third kappa shape index (κ3) is 8.44. The predicted octanol–water partition coefficient (Wildman–Crippen LogP) is 2.31. The number of sulfonamides is 1. The first-order valence-electron chi connectivity index (χ1n) is 11.9. The zero-order valence-electron chi connectivity index (χ0n) is 20.7. The number of amides is 2. The Kier molecular flexibility index (Phi) is 10.4. The molecule has 1 aliphatic rings. The van der Waals surface area contributed by atoms with Gasteiger partial charge >= 0.3 is 6.09 Å². The molecule has 0 bridgehead atoms. The number of nitrogens with zero attached hydrogens (tertiary/aromatic N) is 1. The van der Waals surface area contributed by atoms with Gasteiger partial charge in [-0.15, -0.1) is 0 Å². The van der Waals surface area contributed by atoms with E-state index in [1.54, 1.807) is 0 Å². The molecule has 1 saturated heterocycles. The van der Waals surface area contributed by atoms with E-state index in [-0.39, 0.29) is 47.9 Å². The van der Waals surface area contributed by atoms with E-state index in [4.69, 9.17) is 4.74 Å². The molecule has 3 atom stereocenters. The normalized spacial score (nSPS) is 17.5. The fraction of sp³-hybridized carbons (Fsp3) is 0.440. The number of thioether (sulfide) groups is 1. The lowest BCUT2D eigenvalue weighted by Gasteiger charge is -2.30. The van der Waals surface area contributed by atoms with Gasteiger partial charge in [0.2, 0.25) is 10.0 Å². The van der Waals surface area contributed by atoms with Crippen LogP contribution in [0.25, 0.3) is 0 Å². The molecule has 1 aliphatic heterocycles. The van der Waals surface area contributed by atoms with E-state index in [1.165, 1.54) is 28.6 Å². The Morgan fingerprint density at radius 2 is 1.81 bits per heavy atom. The zero-order chi connectivity index (χ0) is 27.0. The van der Waals surface area contributed by atoms with Gasteiger partial charge in [-0.2, -0.15) is 4.31 Å². The van der Waals surface area contributed by atoms with Gasteiger partial charge in [0.25, 0.3) is 5.24 Å². The Balaban J connectivity index is 1.80. The van der Waals surface area contributed by atoms with Crippen LogP contribution in [0, 0.1) is 5.92 Å². The molecule has 202 valence electrons. The molecule has 37 heavy (non-hydrogen) atoms. The number of carbonyl (C=O) groups is 2. The number of hydrogen-bond acceptors (Lipinski definition) is 8. The molecule has 0 spiro atoms. The lowest BCUT2D eigenvalue weighted by atomic mass is 10.0. The minimum Gasteiger partial charge on any atom is -0.425 e. The lowest BCUT2D eigenvalue weighted by Crippen LogP contribution is -2.52. The number of alkyl carbamates (subject to hydrolysis) is 1. The van der Waals surface area contributed by atoms with Gasteiger partial charge in [-0.1, -0.05) is 68.1 Å². The average Bonchev–Trinajstić information content (AvgIpc) is 3.27. The van der Waals surface area contributed by atoms with Crippen LogP contribution in [0.3, 0.4) is 0 Å². The molecule has 0 aromatic heterocycles. The van der Waals surface area contributed by atoms with Crippen molar-refractivity contribution in [2.24, 2.45) is 5.92 Å². The highest BCUT2D eigenvalue weighted by atomic mass is 32.2. The standard InChI is InChI=1S/C25H33N3O7S2/c1-17(2)13-28(37(33,34)20-10-8-19(15-29)9-11-20)14-22(30)21(12-18-6-4-3-5-7-18)26-24(31)35-23-16-36-25(32)27-23/h3-11,17,21-23,29-30H,12-16H2,1-2H3,(H,26,31)(H,27,32)/t21-,22+,23-/m0/s1. The average molecular weight is 552 g/mol. The van der Waals surface area contributed by atoms with Crippen molar-refractivity contribution in [3.63, 3.8) is 0 Å². The highest BCUT2D eigenvalue weighted by Gasteiger charge is 2.32. The van der Waals surface area contributed by atoms with Crippen LogP contribution in [0.15, 0.2) is 59.5 Å². The monoisotopic (exact) mass is 551 g/mol. The Bertz CT molecular complexity index is 1140. The number of carbonyl (C=O) groups excluding carboxylic acids is 2. The molecule has 10 nitrogen and oxygen atoms in total. The van der Waals surface area contributed by atoms with Crippen molar-refractivity contribution < 1.29 is 33.0 Å². The van der Waals surface area contributed by atoms with Crippen LogP contribution in [0.2, 0.25) is 0 Å². The number of aliphatic hydroxyl groups is 2. The zero-order valence-corrected chi connectivity index (χ0v) is 22.4. The Morgan fingerprint density at radius 1 is 1.14 bits per heavy atom. The molecule has 2 aromatic carbocycles. The molecular weight excluding hydrogens is 518 g/mol. The van der Waals surface area contributed by atoms with Crippen LogP contribution in [0.1, 0.15) is 25.0 Å². The van der Waals surface area contributed by atoms with Crippen molar-refractivity contribution in [3.05, 3.63) is 65.7 Å². The molecule has 12 heteroatoms. The number of aliphatic hydroxyl groups excluding tert-OH is 2. The van der Waals surface area contributed by atoms with E-state index in [1.807, 2.05) is 44.2 Å². The second-order valence-corrected chi connectivity index (χ2v) is 12.1. The van der Waals surface area contributed by atoms with Crippen LogP contribution in [-0.4, -0.2) is 71.5 Å². The summed E-state index contributed by atoms with van der Waals surface area (Å²) in [7, 11) is -3.98. The third-order valence-electron chi connectivity index (χ3n) is 5.66. The van der Waals surface area contributed by atoms with E-state index in [0.29, 0.717) is 5.56 Å². The minimum absolute atomic E-state index is 0.0346. The van der Waals surface area contributed by atoms with Crippen LogP contribution >= 0.6 is 11.8 Å². The molecular formula is C25H33N3O7S2. The molecule has 2 aromatic rings. The van der Waals surface area contributed by atoms with Crippen LogP contribution in [0.4, 0.5) is 9.59 Å². The van der Waals surface area contributed by atoms with E-state index >= 15 is 0 Å². The van der Waals surface area contributed by atoms with E-state index in [0.717, 1.165) is 17.3 Å². The maximum atomic E-state index is 13.5. The summed E-state index contributed by atoms with van der Waals surface area (Å²) in [5, 5.41) is 25.4. The van der Waals surface area contributed by atoms with Crippen LogP contribution < -0.4 is 10.6 Å². The molecule has 4 N–H and O–H groups in total. The third-order valence-corrected chi connectivity index (χ3v) is 8.36. The predicted molar refractivity (Wildman–Crippen MR) is 140 cm³/mol. The quantitative estimate of drug-likeness (QED) is 0.314. The van der Waals surface area contributed by atoms with Crippen LogP contribution in [0.5, 0.6) is 0 Å². The summed E-state index contributed by atoms with van der Waals surface area (Å²) < 4.78 is 33.4. The van der Waals surface area contributed by atoms with Crippen molar-refractivity contribution in [3.8, 4) is 0 Å². The van der Waals surface area contributed by atoms with Crippen molar-refractivity contribution >= 4 is 33.1 Å². The van der Waals surface area contributed by atoms with Crippen LogP contribution in [-0.2, 0) is 27.8 Å². The number of hydrogen-bond donors (Lipinski definition) is 4. The fourth-order valence-electron chi connectivity index (χ4n) is 3.83. The largest absolute Gasteiger partial charge is 0.425 e. The van der Waals surface area contributed by atoms with Gasteiger partial charge in [-0.3, -0.25) is 4.79 Å². The molecule has 0 saturated carbocycles. The smallest absolute Gasteiger partial charge is 0.409 e.